The third-order valence-corrected chi connectivity index (χ3v) is 3.69. The molecule has 0 rings (SSSR count). The molecule has 0 fully saturated rings. The molecule has 0 bridgehead atoms. The van der Waals surface area contributed by atoms with E-state index in [0.717, 1.165) is 12.4 Å². The van der Waals surface area contributed by atoms with Gasteiger partial charge in [0.1, 0.15) is 0 Å². The Bertz CT molecular complexity index is 138. The van der Waals surface area contributed by atoms with Crippen molar-refractivity contribution in [1.82, 2.24) is 0 Å². The van der Waals surface area contributed by atoms with Gasteiger partial charge in [-0.1, -0.05) is 40.0 Å². The van der Waals surface area contributed by atoms with Crippen LogP contribution < -0.4 is 0 Å². The summed E-state index contributed by atoms with van der Waals surface area (Å²) in [5.41, 5.74) is 0. The summed E-state index contributed by atoms with van der Waals surface area (Å²) < 4.78 is 5.61. The molecule has 15 heavy (non-hydrogen) atoms. The molecule has 0 unspecified atom stereocenters. The summed E-state index contributed by atoms with van der Waals surface area (Å²) in [6, 6.07) is 0. The molecule has 0 heterocycles. The normalized spacial score (nSPS) is 12.0. The van der Waals surface area contributed by atoms with E-state index < -0.39 is 0 Å². The van der Waals surface area contributed by atoms with E-state index in [0.29, 0.717) is 11.4 Å². The molecular weight excluding hydrogens is 208 g/mol. The summed E-state index contributed by atoms with van der Waals surface area (Å²) in [4.78, 5) is 0. The maximum absolute atomic E-state index is 8.54. The molecule has 0 aliphatic heterocycles. The van der Waals surface area contributed by atoms with Crippen molar-refractivity contribution in [2.24, 2.45) is 0 Å². The average Bonchev–Trinajstić information content (AvgIpc) is 2.17. The second kappa shape index (κ2) is 9.49. The first-order valence-corrected chi connectivity index (χ1v) is 6.93. The van der Waals surface area contributed by atoms with Crippen LogP contribution in [0.2, 0.25) is 0 Å². The summed E-state index contributed by atoms with van der Waals surface area (Å²) >= 11 is 1.97. The molecule has 3 heteroatoms. The zero-order valence-electron chi connectivity index (χ0n) is 10.4. The Morgan fingerprint density at radius 2 is 1.93 bits per heavy atom. The van der Waals surface area contributed by atoms with Gasteiger partial charge in [-0.25, -0.2) is 0 Å². The highest BCUT2D eigenvalue weighted by molar-refractivity contribution is 8.00. The van der Waals surface area contributed by atoms with Gasteiger partial charge < -0.3 is 9.84 Å². The van der Waals surface area contributed by atoms with Crippen LogP contribution in [0, 0.1) is 0 Å². The maximum atomic E-state index is 8.54. The minimum absolute atomic E-state index is 0.130. The predicted molar refractivity (Wildman–Crippen MR) is 68.6 cm³/mol. The fourth-order valence-electron chi connectivity index (χ4n) is 1.42. The van der Waals surface area contributed by atoms with Crippen molar-refractivity contribution < 1.29 is 9.84 Å². The molecule has 0 saturated carbocycles. The van der Waals surface area contributed by atoms with Gasteiger partial charge in [-0.15, -0.1) is 0 Å². The number of aliphatic hydroxyl groups is 1. The minimum atomic E-state index is 0.130. The monoisotopic (exact) mass is 234 g/mol. The first kappa shape index (κ1) is 15.3. The zero-order chi connectivity index (χ0) is 11.6. The summed E-state index contributed by atoms with van der Waals surface area (Å²) in [5.74, 6) is 1.03. The van der Waals surface area contributed by atoms with Gasteiger partial charge >= 0.3 is 0 Å². The maximum Gasteiger partial charge on any atom is 0.0698 e. The SMILES string of the molecule is CCCCCC(C)(C)SCCOCCO. The van der Waals surface area contributed by atoms with Crippen LogP contribution in [-0.4, -0.2) is 35.4 Å². The molecule has 0 aliphatic rings. The van der Waals surface area contributed by atoms with Crippen molar-refractivity contribution in [1.29, 1.82) is 0 Å². The summed E-state index contributed by atoms with van der Waals surface area (Å²) in [5, 5.41) is 8.54. The molecule has 0 amide bonds. The molecule has 1 N–H and O–H groups in total. The van der Waals surface area contributed by atoms with Crippen molar-refractivity contribution in [3.63, 3.8) is 0 Å². The lowest BCUT2D eigenvalue weighted by atomic mass is 10.0. The molecule has 92 valence electrons. The summed E-state index contributed by atoms with van der Waals surface area (Å²) in [7, 11) is 0. The van der Waals surface area contributed by atoms with Gasteiger partial charge in [-0.3, -0.25) is 0 Å². The standard InChI is InChI=1S/C12H26O2S/c1-4-5-6-7-12(2,3)15-11-10-14-9-8-13/h13H,4-11H2,1-3H3. The Morgan fingerprint density at radius 3 is 2.53 bits per heavy atom. The fourth-order valence-corrected chi connectivity index (χ4v) is 2.46. The van der Waals surface area contributed by atoms with Crippen molar-refractivity contribution in [3.05, 3.63) is 0 Å². The Balaban J connectivity index is 3.38. The second-order valence-corrected chi connectivity index (χ2v) is 6.20. The van der Waals surface area contributed by atoms with Gasteiger partial charge in [0, 0.05) is 10.5 Å². The molecule has 2 nitrogen and oxygen atoms in total. The van der Waals surface area contributed by atoms with E-state index in [-0.39, 0.29) is 6.61 Å². The Hall–Kier alpha value is 0.270. The fraction of sp³-hybridized carbons (Fsp3) is 1.00. The molecular formula is C12H26O2S. The highest BCUT2D eigenvalue weighted by Gasteiger charge is 2.16. The van der Waals surface area contributed by atoms with E-state index in [1.807, 2.05) is 11.8 Å². The van der Waals surface area contributed by atoms with E-state index in [2.05, 4.69) is 20.8 Å². The zero-order valence-corrected chi connectivity index (χ0v) is 11.2. The molecule has 0 aliphatic carbocycles. The van der Waals surface area contributed by atoms with E-state index in [1.165, 1.54) is 25.7 Å². The van der Waals surface area contributed by atoms with E-state index in [4.69, 9.17) is 9.84 Å². The van der Waals surface area contributed by atoms with Crippen LogP contribution in [0.3, 0.4) is 0 Å². The van der Waals surface area contributed by atoms with E-state index >= 15 is 0 Å². The van der Waals surface area contributed by atoms with Gasteiger partial charge in [0.05, 0.1) is 19.8 Å². The lowest BCUT2D eigenvalue weighted by Crippen LogP contribution is -2.16. The Labute approximate surface area is 98.8 Å². The molecule has 0 spiro atoms. The number of hydrogen-bond acceptors (Lipinski definition) is 3. The van der Waals surface area contributed by atoms with Crippen LogP contribution in [0.15, 0.2) is 0 Å². The first-order chi connectivity index (χ1) is 7.12. The summed E-state index contributed by atoms with van der Waals surface area (Å²) in [6.45, 7) is 8.20. The number of rotatable bonds is 10. The summed E-state index contributed by atoms with van der Waals surface area (Å²) in [6.07, 6.45) is 5.24. The smallest absolute Gasteiger partial charge is 0.0698 e. The topological polar surface area (TPSA) is 29.5 Å². The number of unbranched alkanes of at least 4 members (excludes halogenated alkanes) is 2. The van der Waals surface area contributed by atoms with Gasteiger partial charge in [-0.2, -0.15) is 11.8 Å². The van der Waals surface area contributed by atoms with Crippen LogP contribution in [0.25, 0.3) is 0 Å². The third kappa shape index (κ3) is 10.6. The molecule has 0 aromatic heterocycles. The van der Waals surface area contributed by atoms with E-state index in [1.54, 1.807) is 0 Å². The minimum Gasteiger partial charge on any atom is -0.394 e. The second-order valence-electron chi connectivity index (χ2n) is 4.40. The highest BCUT2D eigenvalue weighted by atomic mass is 32.2. The molecule has 0 aromatic carbocycles. The molecule has 0 aromatic rings. The highest BCUT2D eigenvalue weighted by Crippen LogP contribution is 2.29. The quantitative estimate of drug-likeness (QED) is 0.589. The lowest BCUT2D eigenvalue weighted by Gasteiger charge is -2.23. The number of hydrogen-bond donors (Lipinski definition) is 1. The third-order valence-electron chi connectivity index (χ3n) is 2.34. The first-order valence-electron chi connectivity index (χ1n) is 5.95. The van der Waals surface area contributed by atoms with Crippen LogP contribution in [-0.2, 0) is 4.74 Å². The molecule has 0 saturated heterocycles. The van der Waals surface area contributed by atoms with Crippen molar-refractivity contribution in [2.75, 3.05) is 25.6 Å². The van der Waals surface area contributed by atoms with Gasteiger partial charge in [0.15, 0.2) is 0 Å². The van der Waals surface area contributed by atoms with Gasteiger partial charge in [0.2, 0.25) is 0 Å². The predicted octanol–water partition coefficient (Wildman–Crippen LogP) is 3.09. The Morgan fingerprint density at radius 1 is 1.20 bits per heavy atom. The molecule has 0 atom stereocenters. The van der Waals surface area contributed by atoms with Crippen molar-refractivity contribution in [3.8, 4) is 0 Å². The van der Waals surface area contributed by atoms with Gasteiger partial charge in [0.25, 0.3) is 0 Å². The van der Waals surface area contributed by atoms with Crippen LogP contribution in [0.4, 0.5) is 0 Å². The van der Waals surface area contributed by atoms with Crippen molar-refractivity contribution in [2.45, 2.75) is 51.2 Å². The Kier molecular flexibility index (Phi) is 9.66. The van der Waals surface area contributed by atoms with Crippen LogP contribution in [0.5, 0.6) is 0 Å². The average molecular weight is 234 g/mol. The van der Waals surface area contributed by atoms with Crippen LogP contribution >= 0.6 is 11.8 Å². The number of ether oxygens (including phenoxy) is 1. The number of thioether (sulfide) groups is 1. The van der Waals surface area contributed by atoms with Gasteiger partial charge in [-0.05, 0) is 6.42 Å². The van der Waals surface area contributed by atoms with Crippen molar-refractivity contribution >= 4 is 11.8 Å². The lowest BCUT2D eigenvalue weighted by molar-refractivity contribution is 0.103. The largest absolute Gasteiger partial charge is 0.394 e. The molecule has 0 radical (unpaired) electrons. The number of aliphatic hydroxyl groups excluding tert-OH is 1. The van der Waals surface area contributed by atoms with Crippen LogP contribution in [0.1, 0.15) is 46.5 Å². The van der Waals surface area contributed by atoms with E-state index in [9.17, 15) is 0 Å².